The molecule has 2 nitrogen and oxygen atoms in total. The van der Waals surface area contributed by atoms with E-state index >= 15 is 0 Å². The van der Waals surface area contributed by atoms with Crippen LogP contribution in [0.15, 0.2) is 0 Å². The van der Waals surface area contributed by atoms with Gasteiger partial charge in [-0.05, 0) is 20.3 Å². The minimum atomic E-state index is -0.337. The summed E-state index contributed by atoms with van der Waals surface area (Å²) < 4.78 is 12.1. The van der Waals surface area contributed by atoms with Gasteiger partial charge in [-0.1, -0.05) is 22.6 Å². The highest BCUT2D eigenvalue weighted by molar-refractivity contribution is 14.1. The van der Waals surface area contributed by atoms with Gasteiger partial charge in [-0.25, -0.2) is 0 Å². The maximum atomic E-state index is 5.56. The number of hydrogen-bond donors (Lipinski definition) is 0. The molecule has 10 heavy (non-hydrogen) atoms. The summed E-state index contributed by atoms with van der Waals surface area (Å²) in [6.45, 7) is 4.68. The number of rotatable bonds is 2. The van der Waals surface area contributed by atoms with Crippen molar-refractivity contribution in [1.29, 1.82) is 0 Å². The van der Waals surface area contributed by atoms with Gasteiger partial charge in [-0.2, -0.15) is 0 Å². The maximum absolute atomic E-state index is 5.56. The summed E-state index contributed by atoms with van der Waals surface area (Å²) in [5, 5.41) is 0. The monoisotopic (exact) mass is 256 g/mol. The van der Waals surface area contributed by atoms with Crippen molar-refractivity contribution in [2.75, 3.05) is 11.0 Å². The molecule has 0 N–H and O–H groups in total. The first-order chi connectivity index (χ1) is 4.64. The molecule has 0 aromatic heterocycles. The van der Waals surface area contributed by atoms with Crippen LogP contribution in [0, 0.1) is 0 Å². The Bertz CT molecular complexity index is 114. The SMILES string of the molecule is CC1(C)OC[C@H](CCI)O1. The lowest BCUT2D eigenvalue weighted by atomic mass is 10.3. The minimum absolute atomic E-state index is 0.326. The molecule has 1 atom stereocenters. The average molecular weight is 256 g/mol. The third kappa shape index (κ3) is 2.36. The smallest absolute Gasteiger partial charge is 0.163 e. The molecule has 1 heterocycles. The molecule has 1 aliphatic heterocycles. The molecular weight excluding hydrogens is 243 g/mol. The topological polar surface area (TPSA) is 18.5 Å². The molecule has 0 aliphatic carbocycles. The van der Waals surface area contributed by atoms with E-state index in [2.05, 4.69) is 22.6 Å². The van der Waals surface area contributed by atoms with E-state index in [9.17, 15) is 0 Å². The Morgan fingerprint density at radius 1 is 1.60 bits per heavy atom. The largest absolute Gasteiger partial charge is 0.348 e. The molecule has 0 unspecified atom stereocenters. The van der Waals surface area contributed by atoms with Crippen molar-refractivity contribution in [2.45, 2.75) is 32.2 Å². The molecule has 1 aliphatic rings. The molecule has 0 bridgehead atoms. The highest BCUT2D eigenvalue weighted by Crippen LogP contribution is 2.24. The fourth-order valence-electron chi connectivity index (χ4n) is 1.03. The highest BCUT2D eigenvalue weighted by atomic mass is 127. The molecule has 0 radical (unpaired) electrons. The fourth-order valence-corrected chi connectivity index (χ4v) is 1.72. The molecule has 0 aromatic carbocycles. The zero-order chi connectivity index (χ0) is 7.61. The van der Waals surface area contributed by atoms with E-state index < -0.39 is 0 Å². The van der Waals surface area contributed by atoms with Gasteiger partial charge in [-0.3, -0.25) is 0 Å². The molecule has 0 spiro atoms. The third-order valence-electron chi connectivity index (χ3n) is 1.50. The van der Waals surface area contributed by atoms with Gasteiger partial charge in [0.25, 0.3) is 0 Å². The molecule has 0 saturated carbocycles. The van der Waals surface area contributed by atoms with Gasteiger partial charge in [0.1, 0.15) is 0 Å². The second kappa shape index (κ2) is 3.36. The molecule has 1 rings (SSSR count). The van der Waals surface area contributed by atoms with Crippen LogP contribution < -0.4 is 0 Å². The highest BCUT2D eigenvalue weighted by Gasteiger charge is 2.31. The van der Waals surface area contributed by atoms with Crippen molar-refractivity contribution < 1.29 is 9.47 Å². The van der Waals surface area contributed by atoms with Crippen LogP contribution >= 0.6 is 22.6 Å². The molecule has 60 valence electrons. The summed E-state index contributed by atoms with van der Waals surface area (Å²) in [7, 11) is 0. The summed E-state index contributed by atoms with van der Waals surface area (Å²) >= 11 is 2.35. The summed E-state index contributed by atoms with van der Waals surface area (Å²) in [4.78, 5) is 0. The van der Waals surface area contributed by atoms with Gasteiger partial charge in [0.05, 0.1) is 12.7 Å². The normalized spacial score (nSPS) is 30.9. The average Bonchev–Trinajstić information content (AvgIpc) is 2.12. The molecular formula is C7H13IO2. The number of alkyl halides is 1. The van der Waals surface area contributed by atoms with E-state index in [1.807, 2.05) is 13.8 Å². The Labute approximate surface area is 75.4 Å². The Balaban J connectivity index is 2.29. The second-order valence-electron chi connectivity index (χ2n) is 2.93. The van der Waals surface area contributed by atoms with Crippen LogP contribution in [0.1, 0.15) is 20.3 Å². The van der Waals surface area contributed by atoms with Crippen LogP contribution in [-0.2, 0) is 9.47 Å². The molecule has 1 saturated heterocycles. The van der Waals surface area contributed by atoms with E-state index in [0.717, 1.165) is 17.5 Å². The molecule has 3 heteroatoms. The minimum Gasteiger partial charge on any atom is -0.348 e. The molecule has 1 fully saturated rings. The standard InChI is InChI=1S/C7H13IO2/c1-7(2)9-5-6(10-7)3-4-8/h6H,3-5H2,1-2H3/t6-/m0/s1. The first kappa shape index (κ1) is 8.74. The first-order valence-corrected chi connectivity index (χ1v) is 5.04. The van der Waals surface area contributed by atoms with Crippen molar-refractivity contribution in [3.63, 3.8) is 0 Å². The van der Waals surface area contributed by atoms with E-state index in [0.29, 0.717) is 6.10 Å². The van der Waals surface area contributed by atoms with Gasteiger partial charge >= 0.3 is 0 Å². The van der Waals surface area contributed by atoms with Gasteiger partial charge in [0.15, 0.2) is 5.79 Å². The van der Waals surface area contributed by atoms with E-state index in [-0.39, 0.29) is 5.79 Å². The first-order valence-electron chi connectivity index (χ1n) is 3.52. The van der Waals surface area contributed by atoms with Crippen LogP contribution in [0.25, 0.3) is 0 Å². The Morgan fingerprint density at radius 2 is 2.30 bits per heavy atom. The fraction of sp³-hybridized carbons (Fsp3) is 1.00. The van der Waals surface area contributed by atoms with Crippen molar-refractivity contribution in [3.05, 3.63) is 0 Å². The summed E-state index contributed by atoms with van der Waals surface area (Å²) in [5.41, 5.74) is 0. The zero-order valence-corrected chi connectivity index (χ0v) is 8.55. The van der Waals surface area contributed by atoms with E-state index in [4.69, 9.17) is 9.47 Å². The van der Waals surface area contributed by atoms with Crippen LogP contribution in [0.3, 0.4) is 0 Å². The number of ether oxygens (including phenoxy) is 2. The zero-order valence-electron chi connectivity index (χ0n) is 6.39. The van der Waals surface area contributed by atoms with Crippen LogP contribution in [0.4, 0.5) is 0 Å². The summed E-state index contributed by atoms with van der Waals surface area (Å²) in [6.07, 6.45) is 1.43. The van der Waals surface area contributed by atoms with Gasteiger partial charge < -0.3 is 9.47 Å². The van der Waals surface area contributed by atoms with Crippen molar-refractivity contribution in [2.24, 2.45) is 0 Å². The van der Waals surface area contributed by atoms with E-state index in [1.165, 1.54) is 0 Å². The van der Waals surface area contributed by atoms with Crippen molar-refractivity contribution in [1.82, 2.24) is 0 Å². The lowest BCUT2D eigenvalue weighted by Gasteiger charge is -2.16. The molecule has 0 aromatic rings. The van der Waals surface area contributed by atoms with E-state index in [1.54, 1.807) is 0 Å². The number of halogens is 1. The Kier molecular flexibility index (Phi) is 2.94. The predicted octanol–water partition coefficient (Wildman–Crippen LogP) is 1.96. The van der Waals surface area contributed by atoms with Crippen LogP contribution in [0.5, 0.6) is 0 Å². The molecule has 0 amide bonds. The van der Waals surface area contributed by atoms with Crippen LogP contribution in [0.2, 0.25) is 0 Å². The quantitative estimate of drug-likeness (QED) is 0.555. The van der Waals surface area contributed by atoms with Gasteiger partial charge in [0, 0.05) is 4.43 Å². The van der Waals surface area contributed by atoms with Gasteiger partial charge in [-0.15, -0.1) is 0 Å². The Morgan fingerprint density at radius 3 is 2.70 bits per heavy atom. The third-order valence-corrected chi connectivity index (χ3v) is 2.12. The Hall–Kier alpha value is 0.650. The van der Waals surface area contributed by atoms with Crippen molar-refractivity contribution in [3.8, 4) is 0 Å². The summed E-state index contributed by atoms with van der Waals surface area (Å²) in [5.74, 6) is -0.337. The maximum Gasteiger partial charge on any atom is 0.163 e. The lowest BCUT2D eigenvalue weighted by Crippen LogP contribution is -2.21. The van der Waals surface area contributed by atoms with Gasteiger partial charge in [0.2, 0.25) is 0 Å². The number of hydrogen-bond acceptors (Lipinski definition) is 2. The second-order valence-corrected chi connectivity index (χ2v) is 4.01. The summed E-state index contributed by atoms with van der Waals surface area (Å²) in [6, 6.07) is 0. The predicted molar refractivity (Wildman–Crippen MR) is 48.4 cm³/mol. The lowest BCUT2D eigenvalue weighted by molar-refractivity contribution is -0.138. The van der Waals surface area contributed by atoms with Crippen molar-refractivity contribution >= 4 is 22.6 Å². The van der Waals surface area contributed by atoms with Crippen LogP contribution in [-0.4, -0.2) is 22.9 Å².